The molecule has 2 aromatic rings. The van der Waals surface area contributed by atoms with Crippen molar-refractivity contribution >= 4 is 5.69 Å². The Balaban J connectivity index is 1.52. The van der Waals surface area contributed by atoms with Crippen molar-refractivity contribution in [2.75, 3.05) is 31.1 Å². The van der Waals surface area contributed by atoms with Crippen LogP contribution in [0.2, 0.25) is 0 Å². The summed E-state index contributed by atoms with van der Waals surface area (Å²) in [6.45, 7) is 3.49. The van der Waals surface area contributed by atoms with Crippen LogP contribution in [0.1, 0.15) is 24.0 Å². The predicted octanol–water partition coefficient (Wildman–Crippen LogP) is 2.80. The third-order valence-electron chi connectivity index (χ3n) is 5.23. The molecule has 4 nitrogen and oxygen atoms in total. The van der Waals surface area contributed by atoms with Crippen LogP contribution in [0.15, 0.2) is 42.5 Å². The van der Waals surface area contributed by atoms with E-state index in [1.165, 1.54) is 6.07 Å². The fraction of sp³-hybridized carbons (Fsp3) is 0.400. The molecule has 0 bridgehead atoms. The van der Waals surface area contributed by atoms with E-state index >= 15 is 0 Å². The van der Waals surface area contributed by atoms with Crippen LogP contribution in [0.25, 0.3) is 0 Å². The summed E-state index contributed by atoms with van der Waals surface area (Å²) in [6.07, 6.45) is 1.16. The van der Waals surface area contributed by atoms with Gasteiger partial charge in [-0.2, -0.15) is 0 Å². The van der Waals surface area contributed by atoms with Gasteiger partial charge < -0.3 is 20.1 Å². The Morgan fingerprint density at radius 3 is 2.72 bits per heavy atom. The first kappa shape index (κ1) is 16.4. The van der Waals surface area contributed by atoms with Gasteiger partial charge in [-0.1, -0.05) is 18.2 Å². The molecule has 132 valence electrons. The van der Waals surface area contributed by atoms with Crippen molar-refractivity contribution in [1.82, 2.24) is 5.32 Å². The quantitative estimate of drug-likeness (QED) is 0.881. The summed E-state index contributed by atoms with van der Waals surface area (Å²) in [4.78, 5) is 2.01. The number of fused-ring (bicyclic) bond motifs is 1. The smallest absolute Gasteiger partial charge is 0.146 e. The number of aliphatic hydroxyl groups is 1. The average Bonchev–Trinajstić information content (AvgIpc) is 2.88. The molecule has 2 heterocycles. The van der Waals surface area contributed by atoms with Crippen LogP contribution in [0, 0.1) is 5.82 Å². The maximum Gasteiger partial charge on any atom is 0.146 e. The maximum absolute atomic E-state index is 14.0. The molecule has 0 saturated carbocycles. The molecule has 2 aliphatic rings. The second-order valence-electron chi connectivity index (χ2n) is 6.82. The van der Waals surface area contributed by atoms with Crippen LogP contribution < -0.4 is 15.0 Å². The number of para-hydroxylation sites is 1. The van der Waals surface area contributed by atoms with Crippen molar-refractivity contribution in [3.05, 3.63) is 59.4 Å². The molecule has 0 aromatic heterocycles. The standard InChI is InChI=1S/C20H23FN2O2/c21-17-3-1-2-4-18(17)23-10-7-20(24,8-11-23)16-5-6-19-15(13-16)14-22-9-12-25-19/h1-6,13,22,24H,7-12,14H2. The molecule has 2 aromatic carbocycles. The largest absolute Gasteiger partial charge is 0.492 e. The van der Waals surface area contributed by atoms with Crippen molar-refractivity contribution < 1.29 is 14.2 Å². The molecule has 1 saturated heterocycles. The Hall–Kier alpha value is -2.11. The highest BCUT2D eigenvalue weighted by Crippen LogP contribution is 2.37. The van der Waals surface area contributed by atoms with E-state index in [2.05, 4.69) is 5.32 Å². The van der Waals surface area contributed by atoms with Gasteiger partial charge in [0.2, 0.25) is 0 Å². The van der Waals surface area contributed by atoms with E-state index in [9.17, 15) is 9.50 Å². The second kappa shape index (κ2) is 6.65. The van der Waals surface area contributed by atoms with E-state index in [1.54, 1.807) is 12.1 Å². The van der Waals surface area contributed by atoms with E-state index < -0.39 is 5.60 Å². The molecule has 0 atom stereocenters. The topological polar surface area (TPSA) is 44.7 Å². The number of ether oxygens (including phenoxy) is 1. The second-order valence-corrected chi connectivity index (χ2v) is 6.82. The van der Waals surface area contributed by atoms with Crippen LogP contribution in [0.4, 0.5) is 10.1 Å². The molecule has 2 aliphatic heterocycles. The van der Waals surface area contributed by atoms with Crippen LogP contribution >= 0.6 is 0 Å². The highest BCUT2D eigenvalue weighted by atomic mass is 19.1. The van der Waals surface area contributed by atoms with Crippen LogP contribution in [0.5, 0.6) is 5.75 Å². The van der Waals surface area contributed by atoms with Gasteiger partial charge in [0.1, 0.15) is 18.2 Å². The Morgan fingerprint density at radius 2 is 1.92 bits per heavy atom. The molecule has 4 rings (SSSR count). The minimum Gasteiger partial charge on any atom is -0.492 e. The lowest BCUT2D eigenvalue weighted by molar-refractivity contribution is 0.0115. The number of anilines is 1. The molecule has 1 fully saturated rings. The molecule has 0 spiro atoms. The molecule has 2 N–H and O–H groups in total. The number of nitrogens with zero attached hydrogens (tertiary/aromatic N) is 1. The maximum atomic E-state index is 14.0. The Bertz CT molecular complexity index is 757. The van der Waals surface area contributed by atoms with E-state index in [0.29, 0.717) is 38.2 Å². The third kappa shape index (κ3) is 3.22. The van der Waals surface area contributed by atoms with Gasteiger partial charge in [-0.05, 0) is 42.7 Å². The van der Waals surface area contributed by atoms with Gasteiger partial charge in [0.05, 0.1) is 11.3 Å². The Labute approximate surface area is 147 Å². The molecule has 25 heavy (non-hydrogen) atoms. The number of piperidine rings is 1. The Kier molecular flexibility index (Phi) is 4.36. The highest BCUT2D eigenvalue weighted by molar-refractivity contribution is 5.49. The highest BCUT2D eigenvalue weighted by Gasteiger charge is 2.35. The minimum absolute atomic E-state index is 0.207. The first-order valence-electron chi connectivity index (χ1n) is 8.84. The van der Waals surface area contributed by atoms with Crippen LogP contribution in [-0.4, -0.2) is 31.3 Å². The summed E-state index contributed by atoms with van der Waals surface area (Å²) < 4.78 is 19.7. The number of hydrogen-bond acceptors (Lipinski definition) is 4. The molecular weight excluding hydrogens is 319 g/mol. The number of hydrogen-bond donors (Lipinski definition) is 2. The van der Waals surface area contributed by atoms with Crippen molar-refractivity contribution in [3.8, 4) is 5.75 Å². The van der Waals surface area contributed by atoms with Crippen LogP contribution in [0.3, 0.4) is 0 Å². The summed E-state index contributed by atoms with van der Waals surface area (Å²) in [5, 5.41) is 14.5. The van der Waals surface area contributed by atoms with E-state index in [-0.39, 0.29) is 5.82 Å². The molecule has 0 unspecified atom stereocenters. The van der Waals surface area contributed by atoms with E-state index in [4.69, 9.17) is 4.74 Å². The van der Waals surface area contributed by atoms with Crippen LogP contribution in [-0.2, 0) is 12.1 Å². The molecular formula is C20H23FN2O2. The van der Waals surface area contributed by atoms with Gasteiger partial charge in [0, 0.05) is 31.7 Å². The van der Waals surface area contributed by atoms with Gasteiger partial charge >= 0.3 is 0 Å². The van der Waals surface area contributed by atoms with Gasteiger partial charge in [0.25, 0.3) is 0 Å². The molecule has 0 radical (unpaired) electrons. The van der Waals surface area contributed by atoms with Gasteiger partial charge in [-0.3, -0.25) is 0 Å². The summed E-state index contributed by atoms with van der Waals surface area (Å²) in [5.41, 5.74) is 1.75. The summed E-state index contributed by atoms with van der Waals surface area (Å²) >= 11 is 0. The van der Waals surface area contributed by atoms with Crippen molar-refractivity contribution in [2.24, 2.45) is 0 Å². The lowest BCUT2D eigenvalue weighted by Crippen LogP contribution is -2.43. The lowest BCUT2D eigenvalue weighted by atomic mass is 9.83. The van der Waals surface area contributed by atoms with Crippen molar-refractivity contribution in [2.45, 2.75) is 25.0 Å². The molecule has 0 amide bonds. The monoisotopic (exact) mass is 342 g/mol. The first-order valence-corrected chi connectivity index (χ1v) is 8.84. The Morgan fingerprint density at radius 1 is 1.12 bits per heavy atom. The number of benzene rings is 2. The van der Waals surface area contributed by atoms with E-state index in [0.717, 1.165) is 30.0 Å². The number of rotatable bonds is 2. The van der Waals surface area contributed by atoms with E-state index in [1.807, 2.05) is 29.2 Å². The minimum atomic E-state index is -0.872. The van der Waals surface area contributed by atoms with Crippen molar-refractivity contribution in [3.63, 3.8) is 0 Å². The summed E-state index contributed by atoms with van der Waals surface area (Å²) in [6, 6.07) is 12.8. The fourth-order valence-corrected chi connectivity index (χ4v) is 3.72. The van der Waals surface area contributed by atoms with Gasteiger partial charge in [0.15, 0.2) is 0 Å². The molecule has 0 aliphatic carbocycles. The average molecular weight is 342 g/mol. The summed E-state index contributed by atoms with van der Waals surface area (Å²) in [5.74, 6) is 0.683. The SMILES string of the molecule is OC1(c2ccc3c(c2)CNCCO3)CCN(c2ccccc2F)CC1. The predicted molar refractivity (Wildman–Crippen MR) is 95.4 cm³/mol. The normalized spacial score (nSPS) is 19.7. The zero-order valence-electron chi connectivity index (χ0n) is 14.2. The number of halogens is 1. The zero-order chi connectivity index (χ0) is 17.3. The third-order valence-corrected chi connectivity index (χ3v) is 5.23. The van der Waals surface area contributed by atoms with Crippen molar-refractivity contribution in [1.29, 1.82) is 0 Å². The molecule has 5 heteroatoms. The lowest BCUT2D eigenvalue weighted by Gasteiger charge is -2.40. The number of nitrogens with one attached hydrogen (secondary N) is 1. The first-order chi connectivity index (χ1) is 12.2. The zero-order valence-corrected chi connectivity index (χ0v) is 14.2. The van der Waals surface area contributed by atoms with Gasteiger partial charge in [-0.15, -0.1) is 0 Å². The van der Waals surface area contributed by atoms with Gasteiger partial charge in [-0.25, -0.2) is 4.39 Å². The summed E-state index contributed by atoms with van der Waals surface area (Å²) in [7, 11) is 0. The fourth-order valence-electron chi connectivity index (χ4n) is 3.72.